The highest BCUT2D eigenvalue weighted by Crippen LogP contribution is 2.35. The predicted molar refractivity (Wildman–Crippen MR) is 91.8 cm³/mol. The lowest BCUT2D eigenvalue weighted by Gasteiger charge is -2.38. The molecule has 1 fully saturated rings. The molecule has 1 aromatic rings. The van der Waals surface area contributed by atoms with Crippen molar-refractivity contribution in [1.82, 2.24) is 5.32 Å². The summed E-state index contributed by atoms with van der Waals surface area (Å²) in [4.78, 5) is 12.3. The molecule has 0 aromatic heterocycles. The molecule has 4 nitrogen and oxygen atoms in total. The highest BCUT2D eigenvalue weighted by Gasteiger charge is 2.39. The predicted octanol–water partition coefficient (Wildman–Crippen LogP) is 3.23. The van der Waals surface area contributed by atoms with Crippen LogP contribution in [0.1, 0.15) is 32.3 Å². The minimum atomic E-state index is -0.505. The number of aromatic hydroxyl groups is 1. The van der Waals surface area contributed by atoms with Crippen LogP contribution in [-0.2, 0) is 4.79 Å². The molecule has 4 atom stereocenters. The number of ketones is 1. The molecule has 0 saturated heterocycles. The maximum absolute atomic E-state index is 12.3. The Labute approximate surface area is 138 Å². The van der Waals surface area contributed by atoms with Crippen LogP contribution < -0.4 is 10.1 Å². The van der Waals surface area contributed by atoms with Crippen molar-refractivity contribution in [2.45, 2.75) is 45.8 Å². The van der Waals surface area contributed by atoms with E-state index < -0.39 is 6.10 Å². The number of carbonyl (C=O) groups is 1. The van der Waals surface area contributed by atoms with Crippen LogP contribution in [0, 0.1) is 18.8 Å². The van der Waals surface area contributed by atoms with Crippen molar-refractivity contribution in [2.24, 2.45) is 11.8 Å². The molecule has 0 amide bonds. The Morgan fingerprint density at radius 1 is 1.52 bits per heavy atom. The summed E-state index contributed by atoms with van der Waals surface area (Å²) in [6, 6.07) is 5.48. The first-order valence-corrected chi connectivity index (χ1v) is 8.27. The number of aryl methyl sites for hydroxylation is 1. The fourth-order valence-electron chi connectivity index (χ4n) is 3.38. The number of phenols is 1. The van der Waals surface area contributed by atoms with E-state index in [4.69, 9.17) is 4.74 Å². The molecular weight excluding hydrogens is 290 g/mol. The fraction of sp³-hybridized carbons (Fsp3) is 0.526. The molecule has 1 aromatic carbocycles. The Morgan fingerprint density at radius 2 is 2.26 bits per heavy atom. The summed E-state index contributed by atoms with van der Waals surface area (Å²) in [6.45, 7) is 10.6. The number of hydrogen-bond donors (Lipinski definition) is 2. The molecule has 2 rings (SSSR count). The third-order valence-corrected chi connectivity index (χ3v) is 4.79. The SMILES string of the molecule is C=CCNC(C)C1CCC(=O)C(Oc2cc(C)ccc2O)C1C. The number of hydrogen-bond acceptors (Lipinski definition) is 4. The van der Waals surface area contributed by atoms with Crippen LogP contribution in [0.5, 0.6) is 11.5 Å². The lowest BCUT2D eigenvalue weighted by molar-refractivity contribution is -0.132. The summed E-state index contributed by atoms with van der Waals surface area (Å²) in [5.41, 5.74) is 0.992. The monoisotopic (exact) mass is 317 g/mol. The van der Waals surface area contributed by atoms with E-state index in [0.29, 0.717) is 18.1 Å². The summed E-state index contributed by atoms with van der Waals surface area (Å²) in [5, 5.41) is 13.4. The Bertz CT molecular complexity index is 570. The largest absolute Gasteiger partial charge is 0.504 e. The minimum Gasteiger partial charge on any atom is -0.504 e. The Balaban J connectivity index is 2.14. The highest BCUT2D eigenvalue weighted by atomic mass is 16.5. The summed E-state index contributed by atoms with van der Waals surface area (Å²) in [6.07, 6.45) is 2.72. The van der Waals surface area contributed by atoms with Gasteiger partial charge in [-0.2, -0.15) is 0 Å². The summed E-state index contributed by atoms with van der Waals surface area (Å²) < 4.78 is 5.93. The van der Waals surface area contributed by atoms with Gasteiger partial charge in [-0.3, -0.25) is 4.79 Å². The van der Waals surface area contributed by atoms with Gasteiger partial charge in [0.2, 0.25) is 0 Å². The number of ether oxygens (including phenoxy) is 1. The van der Waals surface area contributed by atoms with Crippen LogP contribution in [0.4, 0.5) is 0 Å². The molecule has 4 unspecified atom stereocenters. The molecule has 0 bridgehead atoms. The number of carbonyl (C=O) groups excluding carboxylic acids is 1. The Hall–Kier alpha value is -1.81. The molecule has 2 N–H and O–H groups in total. The number of phenolic OH excluding ortho intramolecular Hbond substituents is 1. The fourth-order valence-corrected chi connectivity index (χ4v) is 3.38. The molecule has 23 heavy (non-hydrogen) atoms. The normalized spacial score (nSPS) is 25.9. The van der Waals surface area contributed by atoms with E-state index in [1.165, 1.54) is 0 Å². The van der Waals surface area contributed by atoms with Gasteiger partial charge in [0.05, 0.1) is 0 Å². The van der Waals surface area contributed by atoms with Crippen LogP contribution in [0.3, 0.4) is 0 Å². The molecule has 1 saturated carbocycles. The van der Waals surface area contributed by atoms with Crippen molar-refractivity contribution >= 4 is 5.78 Å². The van der Waals surface area contributed by atoms with Crippen molar-refractivity contribution in [3.05, 3.63) is 36.4 Å². The van der Waals surface area contributed by atoms with Crippen molar-refractivity contribution in [3.63, 3.8) is 0 Å². The van der Waals surface area contributed by atoms with Gasteiger partial charge in [-0.25, -0.2) is 0 Å². The second-order valence-electron chi connectivity index (χ2n) is 6.52. The van der Waals surface area contributed by atoms with Gasteiger partial charge >= 0.3 is 0 Å². The van der Waals surface area contributed by atoms with Gasteiger partial charge < -0.3 is 15.2 Å². The molecule has 126 valence electrons. The first-order chi connectivity index (χ1) is 10.9. The summed E-state index contributed by atoms with van der Waals surface area (Å²) >= 11 is 0. The molecule has 0 radical (unpaired) electrons. The van der Waals surface area contributed by atoms with E-state index in [1.807, 2.05) is 19.1 Å². The van der Waals surface area contributed by atoms with Crippen molar-refractivity contribution in [1.29, 1.82) is 0 Å². The van der Waals surface area contributed by atoms with E-state index >= 15 is 0 Å². The lowest BCUT2D eigenvalue weighted by Crippen LogP contribution is -2.48. The smallest absolute Gasteiger partial charge is 0.173 e. The van der Waals surface area contributed by atoms with Gasteiger partial charge in [-0.15, -0.1) is 6.58 Å². The topological polar surface area (TPSA) is 58.6 Å². The first-order valence-electron chi connectivity index (χ1n) is 8.27. The number of benzene rings is 1. The van der Waals surface area contributed by atoms with Gasteiger partial charge in [0.25, 0.3) is 0 Å². The van der Waals surface area contributed by atoms with E-state index in [9.17, 15) is 9.90 Å². The second kappa shape index (κ2) is 7.64. The van der Waals surface area contributed by atoms with Crippen molar-refractivity contribution < 1.29 is 14.6 Å². The number of rotatable bonds is 6. The third kappa shape index (κ3) is 4.14. The third-order valence-electron chi connectivity index (χ3n) is 4.79. The van der Waals surface area contributed by atoms with Crippen LogP contribution in [-0.4, -0.2) is 29.6 Å². The molecule has 1 aliphatic rings. The number of nitrogens with one attached hydrogen (secondary N) is 1. The summed E-state index contributed by atoms with van der Waals surface area (Å²) in [7, 11) is 0. The molecule has 0 heterocycles. The molecule has 4 heteroatoms. The van der Waals surface area contributed by atoms with Crippen LogP contribution in [0.2, 0.25) is 0 Å². The van der Waals surface area contributed by atoms with Gasteiger partial charge in [-0.1, -0.05) is 19.1 Å². The zero-order valence-electron chi connectivity index (χ0n) is 14.2. The average molecular weight is 317 g/mol. The molecule has 0 aliphatic heterocycles. The van der Waals surface area contributed by atoms with Gasteiger partial charge in [0, 0.05) is 24.9 Å². The molecular formula is C19H27NO3. The van der Waals surface area contributed by atoms with Gasteiger partial charge in [0.15, 0.2) is 23.4 Å². The van der Waals surface area contributed by atoms with E-state index in [1.54, 1.807) is 12.1 Å². The Kier molecular flexibility index (Phi) is 5.83. The van der Waals surface area contributed by atoms with Gasteiger partial charge in [-0.05, 0) is 43.9 Å². The van der Waals surface area contributed by atoms with E-state index in [0.717, 1.165) is 18.5 Å². The van der Waals surface area contributed by atoms with Gasteiger partial charge in [0.1, 0.15) is 0 Å². The van der Waals surface area contributed by atoms with Crippen LogP contribution >= 0.6 is 0 Å². The van der Waals surface area contributed by atoms with Crippen LogP contribution in [0.25, 0.3) is 0 Å². The van der Waals surface area contributed by atoms with Crippen LogP contribution in [0.15, 0.2) is 30.9 Å². The highest BCUT2D eigenvalue weighted by molar-refractivity contribution is 5.84. The average Bonchev–Trinajstić information content (AvgIpc) is 2.52. The second-order valence-corrected chi connectivity index (χ2v) is 6.52. The standard InChI is InChI=1S/C19H27NO3/c1-5-10-20-14(4)15-7-9-17(22)19(13(15)3)23-18-11-12(2)6-8-16(18)21/h5-6,8,11,13-15,19-21H,1,7,9-10H2,2-4H3. The molecule has 1 aliphatic carbocycles. The maximum Gasteiger partial charge on any atom is 0.173 e. The van der Waals surface area contributed by atoms with Crippen molar-refractivity contribution in [2.75, 3.05) is 6.54 Å². The lowest BCUT2D eigenvalue weighted by atomic mass is 9.74. The quantitative estimate of drug-likeness (QED) is 0.791. The van der Waals surface area contributed by atoms with Crippen molar-refractivity contribution in [3.8, 4) is 11.5 Å². The number of Topliss-reactive ketones (excluding diaryl/α,β-unsaturated/α-hetero) is 1. The Morgan fingerprint density at radius 3 is 2.96 bits per heavy atom. The zero-order valence-corrected chi connectivity index (χ0v) is 14.2. The molecule has 0 spiro atoms. The maximum atomic E-state index is 12.3. The summed E-state index contributed by atoms with van der Waals surface area (Å²) in [5.74, 6) is 1.02. The minimum absolute atomic E-state index is 0.0792. The van der Waals surface area contributed by atoms with E-state index in [2.05, 4.69) is 25.7 Å². The van der Waals surface area contributed by atoms with E-state index in [-0.39, 0.29) is 23.5 Å². The zero-order chi connectivity index (χ0) is 17.0. The first kappa shape index (κ1) is 17.5.